The summed E-state index contributed by atoms with van der Waals surface area (Å²) in [6, 6.07) is 0.260. The molecule has 2 N–H and O–H groups in total. The molecule has 1 fully saturated rings. The van der Waals surface area contributed by atoms with Gasteiger partial charge >= 0.3 is 0 Å². The van der Waals surface area contributed by atoms with Gasteiger partial charge in [0.1, 0.15) is 5.82 Å². The Balaban J connectivity index is 1.60. The average Bonchev–Trinajstić information content (AvgIpc) is 2.94. The number of aryl methyl sites for hydroxylation is 1. The molecule has 1 saturated heterocycles. The Morgan fingerprint density at radius 2 is 2.12 bits per heavy atom. The summed E-state index contributed by atoms with van der Waals surface area (Å²) in [5.74, 6) is 2.13. The number of nitrogens with zero attached hydrogens (tertiary/aromatic N) is 4. The van der Waals surface area contributed by atoms with Gasteiger partial charge in [0.05, 0.1) is 6.54 Å². The third kappa shape index (κ3) is 2.50. The summed E-state index contributed by atoms with van der Waals surface area (Å²) in [7, 11) is 0. The molecule has 17 heavy (non-hydrogen) atoms. The first-order valence-electron chi connectivity index (χ1n) is 6.72. The van der Waals surface area contributed by atoms with Crippen LogP contribution in [0.25, 0.3) is 0 Å². The van der Waals surface area contributed by atoms with Crippen molar-refractivity contribution in [1.82, 2.24) is 19.7 Å². The topological polar surface area (TPSA) is 60.0 Å². The van der Waals surface area contributed by atoms with Crippen LogP contribution in [0.4, 0.5) is 0 Å². The van der Waals surface area contributed by atoms with Crippen LogP contribution >= 0.6 is 0 Å². The van der Waals surface area contributed by atoms with E-state index in [4.69, 9.17) is 5.73 Å². The molecule has 0 radical (unpaired) electrons. The predicted molar refractivity (Wildman–Crippen MR) is 65.7 cm³/mol. The molecule has 1 atom stereocenters. The van der Waals surface area contributed by atoms with Crippen LogP contribution in [0, 0.1) is 0 Å². The van der Waals surface area contributed by atoms with E-state index in [-0.39, 0.29) is 6.04 Å². The van der Waals surface area contributed by atoms with Crippen molar-refractivity contribution in [3.8, 4) is 0 Å². The second kappa shape index (κ2) is 4.74. The minimum atomic E-state index is 0.260. The predicted octanol–water partition coefficient (Wildman–Crippen LogP) is 0.190. The third-order valence-electron chi connectivity index (χ3n) is 3.79. The van der Waals surface area contributed by atoms with Gasteiger partial charge in [-0.15, -0.1) is 0 Å². The van der Waals surface area contributed by atoms with Gasteiger partial charge < -0.3 is 10.6 Å². The van der Waals surface area contributed by atoms with Crippen LogP contribution in [0.2, 0.25) is 0 Å². The van der Waals surface area contributed by atoms with Crippen molar-refractivity contribution in [2.45, 2.75) is 44.7 Å². The van der Waals surface area contributed by atoms with Crippen molar-refractivity contribution in [2.24, 2.45) is 5.73 Å². The van der Waals surface area contributed by atoms with Gasteiger partial charge in [0, 0.05) is 25.4 Å². The Morgan fingerprint density at radius 1 is 1.29 bits per heavy atom. The van der Waals surface area contributed by atoms with Crippen LogP contribution in [0.5, 0.6) is 0 Å². The second-order valence-electron chi connectivity index (χ2n) is 5.22. The summed E-state index contributed by atoms with van der Waals surface area (Å²) < 4.78 is 2.01. The Morgan fingerprint density at radius 3 is 2.94 bits per heavy atom. The first kappa shape index (κ1) is 11.2. The summed E-state index contributed by atoms with van der Waals surface area (Å²) in [5.41, 5.74) is 5.94. The first-order valence-corrected chi connectivity index (χ1v) is 6.72. The van der Waals surface area contributed by atoms with E-state index in [1.165, 1.54) is 25.9 Å². The standard InChI is InChI=1S/C12H21N5/c13-10-3-4-12-14-11(15-17(12)9-10)5-8-16-6-1-2-7-16/h10H,1-9,13H2. The molecule has 0 aliphatic carbocycles. The highest BCUT2D eigenvalue weighted by Crippen LogP contribution is 2.13. The molecule has 0 amide bonds. The molecule has 5 nitrogen and oxygen atoms in total. The molecule has 0 aromatic carbocycles. The number of hydrogen-bond donors (Lipinski definition) is 1. The zero-order valence-electron chi connectivity index (χ0n) is 10.3. The quantitative estimate of drug-likeness (QED) is 0.812. The Kier molecular flexibility index (Phi) is 3.11. The molecule has 3 heterocycles. The minimum Gasteiger partial charge on any atom is -0.326 e. The summed E-state index contributed by atoms with van der Waals surface area (Å²) >= 11 is 0. The molecular formula is C12H21N5. The van der Waals surface area contributed by atoms with Crippen LogP contribution in [-0.2, 0) is 19.4 Å². The molecule has 1 aromatic rings. The maximum atomic E-state index is 5.94. The lowest BCUT2D eigenvalue weighted by Crippen LogP contribution is -2.32. The van der Waals surface area contributed by atoms with Crippen molar-refractivity contribution >= 4 is 0 Å². The van der Waals surface area contributed by atoms with E-state index in [0.29, 0.717) is 0 Å². The zero-order chi connectivity index (χ0) is 11.7. The fourth-order valence-electron chi connectivity index (χ4n) is 2.76. The SMILES string of the molecule is NC1CCc2nc(CCN3CCCC3)nn2C1. The molecule has 3 rings (SSSR count). The largest absolute Gasteiger partial charge is 0.326 e. The summed E-state index contributed by atoms with van der Waals surface area (Å²) in [4.78, 5) is 7.12. The molecule has 5 heteroatoms. The van der Waals surface area contributed by atoms with Crippen LogP contribution < -0.4 is 5.73 Å². The highest BCUT2D eigenvalue weighted by molar-refractivity contribution is 4.98. The van der Waals surface area contributed by atoms with Crippen molar-refractivity contribution in [3.05, 3.63) is 11.6 Å². The molecule has 0 saturated carbocycles. The number of likely N-dealkylation sites (tertiary alicyclic amines) is 1. The molecule has 2 aliphatic heterocycles. The van der Waals surface area contributed by atoms with Crippen LogP contribution in [0.15, 0.2) is 0 Å². The lowest BCUT2D eigenvalue weighted by atomic mass is 10.1. The maximum absolute atomic E-state index is 5.94. The number of hydrogen-bond acceptors (Lipinski definition) is 4. The summed E-state index contributed by atoms with van der Waals surface area (Å²) in [6.07, 6.45) is 5.71. The number of aromatic nitrogens is 3. The smallest absolute Gasteiger partial charge is 0.152 e. The van der Waals surface area contributed by atoms with Crippen molar-refractivity contribution in [2.75, 3.05) is 19.6 Å². The minimum absolute atomic E-state index is 0.260. The van der Waals surface area contributed by atoms with Gasteiger partial charge in [-0.3, -0.25) is 0 Å². The van der Waals surface area contributed by atoms with E-state index in [0.717, 1.165) is 44.0 Å². The van der Waals surface area contributed by atoms with Gasteiger partial charge in [-0.2, -0.15) is 5.10 Å². The molecule has 94 valence electrons. The molecule has 2 aliphatic rings. The van der Waals surface area contributed by atoms with Gasteiger partial charge in [0.25, 0.3) is 0 Å². The third-order valence-corrected chi connectivity index (χ3v) is 3.79. The Bertz CT molecular complexity index is 380. The van der Waals surface area contributed by atoms with Crippen molar-refractivity contribution in [1.29, 1.82) is 0 Å². The molecule has 1 aromatic heterocycles. The first-order chi connectivity index (χ1) is 8.31. The zero-order valence-corrected chi connectivity index (χ0v) is 10.3. The molecule has 0 bridgehead atoms. The van der Waals surface area contributed by atoms with Crippen LogP contribution in [-0.4, -0.2) is 45.3 Å². The second-order valence-corrected chi connectivity index (χ2v) is 5.22. The highest BCUT2D eigenvalue weighted by atomic mass is 15.4. The molecular weight excluding hydrogens is 214 g/mol. The van der Waals surface area contributed by atoms with E-state index in [1.54, 1.807) is 0 Å². The Hall–Kier alpha value is -0.940. The van der Waals surface area contributed by atoms with Crippen molar-refractivity contribution in [3.63, 3.8) is 0 Å². The lowest BCUT2D eigenvalue weighted by Gasteiger charge is -2.17. The Labute approximate surface area is 102 Å². The van der Waals surface area contributed by atoms with E-state index >= 15 is 0 Å². The average molecular weight is 235 g/mol. The fraction of sp³-hybridized carbons (Fsp3) is 0.833. The van der Waals surface area contributed by atoms with E-state index in [2.05, 4.69) is 15.0 Å². The van der Waals surface area contributed by atoms with E-state index in [1.807, 2.05) is 4.68 Å². The van der Waals surface area contributed by atoms with Crippen LogP contribution in [0.1, 0.15) is 30.9 Å². The fourth-order valence-corrected chi connectivity index (χ4v) is 2.76. The number of fused-ring (bicyclic) bond motifs is 1. The van der Waals surface area contributed by atoms with E-state index < -0.39 is 0 Å². The summed E-state index contributed by atoms with van der Waals surface area (Å²) in [5, 5.41) is 4.56. The van der Waals surface area contributed by atoms with E-state index in [9.17, 15) is 0 Å². The van der Waals surface area contributed by atoms with Gasteiger partial charge in [-0.25, -0.2) is 9.67 Å². The van der Waals surface area contributed by atoms with Crippen LogP contribution in [0.3, 0.4) is 0 Å². The number of rotatable bonds is 3. The number of nitrogens with two attached hydrogens (primary N) is 1. The van der Waals surface area contributed by atoms with Gasteiger partial charge in [0.2, 0.25) is 0 Å². The highest BCUT2D eigenvalue weighted by Gasteiger charge is 2.19. The molecule has 0 spiro atoms. The van der Waals surface area contributed by atoms with Gasteiger partial charge in [-0.1, -0.05) is 0 Å². The molecule has 1 unspecified atom stereocenters. The summed E-state index contributed by atoms with van der Waals surface area (Å²) in [6.45, 7) is 4.44. The van der Waals surface area contributed by atoms with Gasteiger partial charge in [0.15, 0.2) is 5.82 Å². The van der Waals surface area contributed by atoms with Crippen molar-refractivity contribution < 1.29 is 0 Å². The normalized spacial score (nSPS) is 25.1. The maximum Gasteiger partial charge on any atom is 0.152 e. The monoisotopic (exact) mass is 235 g/mol. The van der Waals surface area contributed by atoms with Gasteiger partial charge in [-0.05, 0) is 32.4 Å². The lowest BCUT2D eigenvalue weighted by molar-refractivity contribution is 0.340.